The van der Waals surface area contributed by atoms with Crippen molar-refractivity contribution in [2.75, 3.05) is 5.32 Å². The number of hydrogen-bond acceptors (Lipinski definition) is 3. The molecular weight excluding hydrogens is 420 g/mol. The lowest BCUT2D eigenvalue weighted by atomic mass is 10.1. The van der Waals surface area contributed by atoms with Crippen molar-refractivity contribution >= 4 is 29.3 Å². The number of para-hydroxylation sites is 1. The minimum absolute atomic E-state index is 0.0200. The highest BCUT2D eigenvalue weighted by atomic mass is 35.5. The van der Waals surface area contributed by atoms with Gasteiger partial charge in [-0.15, -0.1) is 0 Å². The first kappa shape index (κ1) is 21.1. The Morgan fingerprint density at radius 1 is 1.03 bits per heavy atom. The normalized spacial score (nSPS) is 11.1. The first-order valence-electron chi connectivity index (χ1n) is 9.94. The summed E-state index contributed by atoms with van der Waals surface area (Å²) in [5.74, 6) is -0.481. The highest BCUT2D eigenvalue weighted by Gasteiger charge is 2.15. The predicted octanol–water partition coefficient (Wildman–Crippen LogP) is 6.05. The second kappa shape index (κ2) is 9.34. The molecule has 5 nitrogen and oxygen atoms in total. The van der Waals surface area contributed by atoms with Crippen LogP contribution in [0.25, 0.3) is 23.0 Å². The number of benzene rings is 3. The summed E-state index contributed by atoms with van der Waals surface area (Å²) >= 11 is 6.04. The summed E-state index contributed by atoms with van der Waals surface area (Å²) in [5.41, 5.74) is 4.66. The third kappa shape index (κ3) is 4.77. The standard InChI is InChI=1S/C26H19ClN4O/c1-18-7-13-23(14-8-18)29-26(32)20(16-28)15-21-17-31(24-5-3-2-4-6-24)30-25(21)19-9-11-22(27)12-10-19/h2-15,17H,1H3,(H,29,32). The maximum Gasteiger partial charge on any atom is 0.266 e. The number of aromatic nitrogens is 2. The Morgan fingerprint density at radius 2 is 1.72 bits per heavy atom. The molecular formula is C26H19ClN4O. The van der Waals surface area contributed by atoms with Crippen LogP contribution in [0.2, 0.25) is 5.02 Å². The van der Waals surface area contributed by atoms with Gasteiger partial charge in [0.25, 0.3) is 5.91 Å². The lowest BCUT2D eigenvalue weighted by Gasteiger charge is -2.05. The fourth-order valence-electron chi connectivity index (χ4n) is 3.18. The Morgan fingerprint density at radius 3 is 2.38 bits per heavy atom. The Balaban J connectivity index is 1.74. The Hall–Kier alpha value is -4.14. The monoisotopic (exact) mass is 438 g/mol. The van der Waals surface area contributed by atoms with Crippen molar-refractivity contribution < 1.29 is 4.79 Å². The molecule has 4 aromatic rings. The fourth-order valence-corrected chi connectivity index (χ4v) is 3.30. The number of carbonyl (C=O) groups excluding carboxylic acids is 1. The van der Waals surface area contributed by atoms with E-state index in [0.717, 1.165) is 16.8 Å². The zero-order chi connectivity index (χ0) is 22.5. The van der Waals surface area contributed by atoms with Gasteiger partial charge in [-0.05, 0) is 49.4 Å². The Kier molecular flexibility index (Phi) is 6.16. The van der Waals surface area contributed by atoms with Gasteiger partial charge in [0.2, 0.25) is 0 Å². The summed E-state index contributed by atoms with van der Waals surface area (Å²) in [5, 5.41) is 17.8. The number of amides is 1. The molecule has 0 radical (unpaired) electrons. The maximum absolute atomic E-state index is 12.8. The van der Waals surface area contributed by atoms with E-state index < -0.39 is 5.91 Å². The molecule has 0 saturated heterocycles. The smallest absolute Gasteiger partial charge is 0.266 e. The third-order valence-electron chi connectivity index (χ3n) is 4.86. The van der Waals surface area contributed by atoms with Gasteiger partial charge in [0.1, 0.15) is 11.6 Å². The number of nitrogens with one attached hydrogen (secondary N) is 1. The van der Waals surface area contributed by atoms with Crippen molar-refractivity contribution in [3.05, 3.63) is 107 Å². The van der Waals surface area contributed by atoms with Gasteiger partial charge in [-0.3, -0.25) is 4.79 Å². The van der Waals surface area contributed by atoms with Gasteiger partial charge in [-0.1, -0.05) is 59.6 Å². The van der Waals surface area contributed by atoms with Crippen molar-refractivity contribution in [2.24, 2.45) is 0 Å². The average Bonchev–Trinajstić information content (AvgIpc) is 3.24. The van der Waals surface area contributed by atoms with Gasteiger partial charge >= 0.3 is 0 Å². The highest BCUT2D eigenvalue weighted by Crippen LogP contribution is 2.27. The molecule has 0 aliphatic heterocycles. The van der Waals surface area contributed by atoms with E-state index in [2.05, 4.69) is 5.32 Å². The van der Waals surface area contributed by atoms with Crippen molar-refractivity contribution in [3.63, 3.8) is 0 Å². The van der Waals surface area contributed by atoms with E-state index in [-0.39, 0.29) is 5.57 Å². The van der Waals surface area contributed by atoms with Crippen molar-refractivity contribution in [1.82, 2.24) is 9.78 Å². The van der Waals surface area contributed by atoms with E-state index in [4.69, 9.17) is 16.7 Å². The topological polar surface area (TPSA) is 70.7 Å². The molecule has 1 aromatic heterocycles. The molecule has 0 atom stereocenters. The molecule has 32 heavy (non-hydrogen) atoms. The van der Waals surface area contributed by atoms with E-state index in [9.17, 15) is 10.1 Å². The van der Waals surface area contributed by atoms with Gasteiger partial charge in [0.15, 0.2) is 0 Å². The highest BCUT2D eigenvalue weighted by molar-refractivity contribution is 6.30. The summed E-state index contributed by atoms with van der Waals surface area (Å²) in [4.78, 5) is 12.8. The van der Waals surface area contributed by atoms with E-state index in [1.807, 2.05) is 67.6 Å². The van der Waals surface area contributed by atoms with Crippen LogP contribution in [0.1, 0.15) is 11.1 Å². The molecule has 1 heterocycles. The Bertz CT molecular complexity index is 1320. The van der Waals surface area contributed by atoms with Crippen LogP contribution in [0.15, 0.2) is 90.6 Å². The number of halogens is 1. The minimum Gasteiger partial charge on any atom is -0.321 e. The lowest BCUT2D eigenvalue weighted by molar-refractivity contribution is -0.112. The number of nitriles is 1. The zero-order valence-corrected chi connectivity index (χ0v) is 18.0. The van der Waals surface area contributed by atoms with Crippen LogP contribution in [-0.2, 0) is 4.79 Å². The molecule has 0 unspecified atom stereocenters. The molecule has 0 bridgehead atoms. The largest absolute Gasteiger partial charge is 0.321 e. The van der Waals surface area contributed by atoms with Gasteiger partial charge in [0, 0.05) is 28.0 Å². The van der Waals surface area contributed by atoms with Crippen LogP contribution in [0.4, 0.5) is 5.69 Å². The molecule has 156 valence electrons. The number of carbonyl (C=O) groups is 1. The van der Waals surface area contributed by atoms with Crippen molar-refractivity contribution in [2.45, 2.75) is 6.92 Å². The fraction of sp³-hybridized carbons (Fsp3) is 0.0385. The predicted molar refractivity (Wildman–Crippen MR) is 127 cm³/mol. The molecule has 0 aliphatic rings. The summed E-state index contributed by atoms with van der Waals surface area (Å²) in [6.07, 6.45) is 3.36. The van der Waals surface area contributed by atoms with Crippen LogP contribution >= 0.6 is 11.6 Å². The first-order chi connectivity index (χ1) is 15.5. The molecule has 4 rings (SSSR count). The molecule has 1 N–H and O–H groups in total. The van der Waals surface area contributed by atoms with Crippen LogP contribution in [0, 0.1) is 18.3 Å². The maximum atomic E-state index is 12.8. The van der Waals surface area contributed by atoms with Gasteiger partial charge < -0.3 is 5.32 Å². The van der Waals surface area contributed by atoms with Gasteiger partial charge in [0.05, 0.1) is 11.4 Å². The van der Waals surface area contributed by atoms with E-state index in [0.29, 0.717) is 22.0 Å². The molecule has 0 aliphatic carbocycles. The summed E-state index contributed by atoms with van der Waals surface area (Å²) in [6.45, 7) is 1.97. The molecule has 0 spiro atoms. The molecule has 3 aromatic carbocycles. The lowest BCUT2D eigenvalue weighted by Crippen LogP contribution is -2.13. The minimum atomic E-state index is -0.481. The third-order valence-corrected chi connectivity index (χ3v) is 5.11. The molecule has 1 amide bonds. The van der Waals surface area contributed by atoms with Gasteiger partial charge in [-0.25, -0.2) is 4.68 Å². The van der Waals surface area contributed by atoms with E-state index in [1.54, 1.807) is 41.2 Å². The average molecular weight is 439 g/mol. The van der Waals surface area contributed by atoms with Crippen LogP contribution in [0.5, 0.6) is 0 Å². The van der Waals surface area contributed by atoms with Gasteiger partial charge in [-0.2, -0.15) is 10.4 Å². The number of aryl methyl sites for hydroxylation is 1. The Labute approximate surface area is 191 Å². The molecule has 0 saturated carbocycles. The van der Waals surface area contributed by atoms with E-state index in [1.165, 1.54) is 0 Å². The molecule has 6 heteroatoms. The first-order valence-corrected chi connectivity index (χ1v) is 10.3. The van der Waals surface area contributed by atoms with Crippen molar-refractivity contribution in [3.8, 4) is 23.0 Å². The van der Waals surface area contributed by atoms with Crippen LogP contribution in [-0.4, -0.2) is 15.7 Å². The SMILES string of the molecule is Cc1ccc(NC(=O)C(C#N)=Cc2cn(-c3ccccc3)nc2-c2ccc(Cl)cc2)cc1. The van der Waals surface area contributed by atoms with E-state index >= 15 is 0 Å². The zero-order valence-electron chi connectivity index (χ0n) is 17.3. The summed E-state index contributed by atoms with van der Waals surface area (Å²) < 4.78 is 1.72. The summed E-state index contributed by atoms with van der Waals surface area (Å²) in [6, 6.07) is 26.3. The second-order valence-electron chi connectivity index (χ2n) is 7.21. The van der Waals surface area contributed by atoms with Crippen LogP contribution in [0.3, 0.4) is 0 Å². The van der Waals surface area contributed by atoms with Crippen LogP contribution < -0.4 is 5.32 Å². The quantitative estimate of drug-likeness (QED) is 0.304. The van der Waals surface area contributed by atoms with Crippen molar-refractivity contribution in [1.29, 1.82) is 5.26 Å². The number of anilines is 1. The molecule has 0 fully saturated rings. The number of nitrogens with zero attached hydrogens (tertiary/aromatic N) is 3. The second-order valence-corrected chi connectivity index (χ2v) is 7.65. The summed E-state index contributed by atoms with van der Waals surface area (Å²) in [7, 11) is 0. The number of rotatable bonds is 5. The number of hydrogen-bond donors (Lipinski definition) is 1.